The molecule has 1 saturated heterocycles. The molecule has 0 bridgehead atoms. The summed E-state index contributed by atoms with van der Waals surface area (Å²) >= 11 is 0. The third-order valence-electron chi connectivity index (χ3n) is 3.48. The zero-order valence-corrected chi connectivity index (χ0v) is 11.0. The summed E-state index contributed by atoms with van der Waals surface area (Å²) in [5.74, 6) is 1.34. The van der Waals surface area contributed by atoms with Crippen molar-refractivity contribution in [3.05, 3.63) is 23.8 Å². The Morgan fingerprint density at radius 1 is 1.22 bits per heavy atom. The SMILES string of the molecule is COc1ccc(C(O)C2CCCCN2)cc1OC. The molecule has 100 valence electrons. The van der Waals surface area contributed by atoms with Crippen molar-refractivity contribution in [3.8, 4) is 11.5 Å². The second-order valence-electron chi connectivity index (χ2n) is 4.62. The maximum Gasteiger partial charge on any atom is 0.161 e. The van der Waals surface area contributed by atoms with E-state index in [1.165, 1.54) is 12.8 Å². The second kappa shape index (κ2) is 6.07. The van der Waals surface area contributed by atoms with Gasteiger partial charge in [0.1, 0.15) is 0 Å². The van der Waals surface area contributed by atoms with Gasteiger partial charge in [-0.05, 0) is 37.1 Å². The first-order valence-electron chi connectivity index (χ1n) is 6.39. The van der Waals surface area contributed by atoms with Crippen LogP contribution in [-0.2, 0) is 0 Å². The minimum absolute atomic E-state index is 0.136. The van der Waals surface area contributed by atoms with E-state index in [2.05, 4.69) is 5.32 Å². The van der Waals surface area contributed by atoms with Gasteiger partial charge in [0, 0.05) is 6.04 Å². The maximum atomic E-state index is 10.4. The van der Waals surface area contributed by atoms with Crippen LogP contribution in [0.2, 0.25) is 0 Å². The number of nitrogens with one attached hydrogen (secondary N) is 1. The maximum absolute atomic E-state index is 10.4. The zero-order valence-electron chi connectivity index (χ0n) is 11.0. The largest absolute Gasteiger partial charge is 0.493 e. The van der Waals surface area contributed by atoms with Crippen LogP contribution >= 0.6 is 0 Å². The number of methoxy groups -OCH3 is 2. The summed E-state index contributed by atoms with van der Waals surface area (Å²) < 4.78 is 10.5. The van der Waals surface area contributed by atoms with Gasteiger partial charge in [0.05, 0.1) is 20.3 Å². The molecule has 1 aliphatic rings. The van der Waals surface area contributed by atoms with E-state index >= 15 is 0 Å². The van der Waals surface area contributed by atoms with Crippen LogP contribution in [0, 0.1) is 0 Å². The molecule has 1 aromatic rings. The van der Waals surface area contributed by atoms with Crippen molar-refractivity contribution in [1.29, 1.82) is 0 Å². The highest BCUT2D eigenvalue weighted by Crippen LogP contribution is 2.32. The van der Waals surface area contributed by atoms with E-state index in [9.17, 15) is 5.11 Å². The Balaban J connectivity index is 2.16. The molecule has 2 unspecified atom stereocenters. The molecule has 0 radical (unpaired) electrons. The van der Waals surface area contributed by atoms with E-state index in [0.717, 1.165) is 18.5 Å². The Morgan fingerprint density at radius 3 is 2.61 bits per heavy atom. The first-order chi connectivity index (χ1) is 8.76. The lowest BCUT2D eigenvalue weighted by atomic mass is 9.95. The number of aliphatic hydroxyl groups is 1. The van der Waals surface area contributed by atoms with Gasteiger partial charge < -0.3 is 19.9 Å². The third-order valence-corrected chi connectivity index (χ3v) is 3.48. The summed E-state index contributed by atoms with van der Waals surface area (Å²) in [4.78, 5) is 0. The zero-order chi connectivity index (χ0) is 13.0. The molecule has 1 fully saturated rings. The van der Waals surface area contributed by atoms with Gasteiger partial charge in [-0.15, -0.1) is 0 Å². The van der Waals surface area contributed by atoms with Crippen LogP contribution in [0.5, 0.6) is 11.5 Å². The molecule has 1 aliphatic heterocycles. The summed E-state index contributed by atoms with van der Waals surface area (Å²) in [6.45, 7) is 0.981. The second-order valence-corrected chi connectivity index (χ2v) is 4.62. The van der Waals surface area contributed by atoms with Gasteiger partial charge in [0.15, 0.2) is 11.5 Å². The average Bonchev–Trinajstić information content (AvgIpc) is 2.46. The lowest BCUT2D eigenvalue weighted by molar-refractivity contribution is 0.113. The Kier molecular flexibility index (Phi) is 4.44. The molecule has 1 heterocycles. The van der Waals surface area contributed by atoms with Gasteiger partial charge in [-0.2, -0.15) is 0 Å². The predicted molar refractivity (Wildman–Crippen MR) is 70.1 cm³/mol. The fraction of sp³-hybridized carbons (Fsp3) is 0.571. The number of hydrogen-bond acceptors (Lipinski definition) is 4. The highest BCUT2D eigenvalue weighted by atomic mass is 16.5. The Labute approximate surface area is 108 Å². The quantitative estimate of drug-likeness (QED) is 0.858. The number of aliphatic hydroxyl groups excluding tert-OH is 1. The molecule has 0 aliphatic carbocycles. The van der Waals surface area contributed by atoms with Crippen LogP contribution < -0.4 is 14.8 Å². The Bertz CT molecular complexity index is 389. The van der Waals surface area contributed by atoms with Crippen molar-refractivity contribution in [1.82, 2.24) is 5.32 Å². The van der Waals surface area contributed by atoms with Crippen LogP contribution in [0.4, 0.5) is 0 Å². The number of rotatable bonds is 4. The Hall–Kier alpha value is -1.26. The molecule has 2 N–H and O–H groups in total. The van der Waals surface area contributed by atoms with Crippen molar-refractivity contribution >= 4 is 0 Å². The minimum atomic E-state index is -0.495. The van der Waals surface area contributed by atoms with Crippen molar-refractivity contribution in [2.45, 2.75) is 31.4 Å². The highest BCUT2D eigenvalue weighted by Gasteiger charge is 2.23. The van der Waals surface area contributed by atoms with Crippen LogP contribution in [0.3, 0.4) is 0 Å². The fourth-order valence-corrected chi connectivity index (χ4v) is 2.42. The standard InChI is InChI=1S/C14H21NO3/c1-17-12-7-6-10(9-13(12)18-2)14(16)11-5-3-4-8-15-11/h6-7,9,11,14-16H,3-5,8H2,1-2H3. The first kappa shape index (κ1) is 13.2. The smallest absolute Gasteiger partial charge is 0.161 e. The first-order valence-corrected chi connectivity index (χ1v) is 6.39. The van der Waals surface area contributed by atoms with E-state index in [1.54, 1.807) is 14.2 Å². The molecule has 4 heteroatoms. The molecule has 0 amide bonds. The van der Waals surface area contributed by atoms with Gasteiger partial charge in [-0.25, -0.2) is 0 Å². The van der Waals surface area contributed by atoms with Crippen LogP contribution in [0.15, 0.2) is 18.2 Å². The monoisotopic (exact) mass is 251 g/mol. The molecule has 4 nitrogen and oxygen atoms in total. The number of benzene rings is 1. The number of piperidine rings is 1. The summed E-state index contributed by atoms with van der Waals surface area (Å²) in [5.41, 5.74) is 0.868. The Morgan fingerprint density at radius 2 is 2.00 bits per heavy atom. The molecular weight excluding hydrogens is 230 g/mol. The predicted octanol–water partition coefficient (Wildman–Crippen LogP) is 1.88. The normalized spacial score (nSPS) is 21.4. The average molecular weight is 251 g/mol. The summed E-state index contributed by atoms with van der Waals surface area (Å²) in [6.07, 6.45) is 2.87. The van der Waals surface area contributed by atoms with Gasteiger partial charge in [-0.1, -0.05) is 12.5 Å². The van der Waals surface area contributed by atoms with Crippen molar-refractivity contribution in [2.75, 3.05) is 20.8 Å². The molecule has 2 rings (SSSR count). The fourth-order valence-electron chi connectivity index (χ4n) is 2.42. The molecule has 0 aromatic heterocycles. The van der Waals surface area contributed by atoms with E-state index < -0.39 is 6.10 Å². The van der Waals surface area contributed by atoms with Crippen LogP contribution in [-0.4, -0.2) is 31.9 Å². The highest BCUT2D eigenvalue weighted by molar-refractivity contribution is 5.43. The summed E-state index contributed by atoms with van der Waals surface area (Å²) in [6, 6.07) is 5.71. The molecule has 0 spiro atoms. The molecule has 0 saturated carbocycles. The summed E-state index contributed by atoms with van der Waals surface area (Å²) in [5, 5.41) is 13.7. The van der Waals surface area contributed by atoms with E-state index in [-0.39, 0.29) is 6.04 Å². The number of ether oxygens (including phenoxy) is 2. The summed E-state index contributed by atoms with van der Waals surface area (Å²) in [7, 11) is 3.21. The minimum Gasteiger partial charge on any atom is -0.493 e. The molecule has 1 aromatic carbocycles. The van der Waals surface area contributed by atoms with Gasteiger partial charge >= 0.3 is 0 Å². The number of hydrogen-bond donors (Lipinski definition) is 2. The van der Waals surface area contributed by atoms with Crippen LogP contribution in [0.1, 0.15) is 30.9 Å². The van der Waals surface area contributed by atoms with Crippen molar-refractivity contribution in [3.63, 3.8) is 0 Å². The van der Waals surface area contributed by atoms with Crippen molar-refractivity contribution < 1.29 is 14.6 Å². The van der Waals surface area contributed by atoms with E-state index in [4.69, 9.17) is 9.47 Å². The van der Waals surface area contributed by atoms with Gasteiger partial charge in [-0.3, -0.25) is 0 Å². The molecule has 2 atom stereocenters. The third kappa shape index (κ3) is 2.76. The molecular formula is C14H21NO3. The van der Waals surface area contributed by atoms with Gasteiger partial charge in [0.2, 0.25) is 0 Å². The van der Waals surface area contributed by atoms with E-state index in [1.807, 2.05) is 18.2 Å². The van der Waals surface area contributed by atoms with Crippen molar-refractivity contribution in [2.24, 2.45) is 0 Å². The topological polar surface area (TPSA) is 50.7 Å². The van der Waals surface area contributed by atoms with Crippen LogP contribution in [0.25, 0.3) is 0 Å². The molecule has 18 heavy (non-hydrogen) atoms. The van der Waals surface area contributed by atoms with E-state index in [0.29, 0.717) is 11.5 Å². The lowest BCUT2D eigenvalue weighted by Crippen LogP contribution is -2.38. The van der Waals surface area contributed by atoms with Gasteiger partial charge in [0.25, 0.3) is 0 Å². The lowest BCUT2D eigenvalue weighted by Gasteiger charge is -2.28.